The van der Waals surface area contributed by atoms with Crippen molar-refractivity contribution in [1.82, 2.24) is 15.3 Å². The molecule has 11 heteroatoms. The van der Waals surface area contributed by atoms with Crippen LogP contribution in [0.25, 0.3) is 0 Å². The van der Waals surface area contributed by atoms with E-state index in [2.05, 4.69) is 55.2 Å². The molecule has 1 aromatic heterocycles. The predicted octanol–water partition coefficient (Wildman–Crippen LogP) is 4.51. The molecule has 3 rings (SSSR count). The predicted molar refractivity (Wildman–Crippen MR) is 134 cm³/mol. The van der Waals surface area contributed by atoms with Crippen LogP contribution >= 0.6 is 40.0 Å². The Hall–Kier alpha value is -1.12. The number of ketones is 1. The van der Waals surface area contributed by atoms with Crippen molar-refractivity contribution in [3.8, 4) is 0 Å². The van der Waals surface area contributed by atoms with E-state index in [4.69, 9.17) is 4.74 Å². The normalized spacial score (nSPS) is 14.5. The summed E-state index contributed by atoms with van der Waals surface area (Å²) >= 11 is 4.74. The minimum absolute atomic E-state index is 0.142. The van der Waals surface area contributed by atoms with Gasteiger partial charge in [0.1, 0.15) is 11.8 Å². The van der Waals surface area contributed by atoms with Gasteiger partial charge < -0.3 is 15.0 Å². The SMILES string of the molecule is CC.CC(=O)NCC1CN(c2cc(C)c(C(=O)c3cnc[nH]3)c(C)c2)C(=O)O1.[I][V][I]. The number of nitrogens with zero attached hydrogens (tertiary/aromatic N) is 2. The maximum absolute atomic E-state index is 12.6. The summed E-state index contributed by atoms with van der Waals surface area (Å²) in [6, 6.07) is 3.58. The van der Waals surface area contributed by atoms with Crippen molar-refractivity contribution >= 4 is 63.4 Å². The van der Waals surface area contributed by atoms with Crippen LogP contribution in [-0.2, 0) is 19.0 Å². The zero-order valence-corrected chi connectivity index (χ0v) is 23.7. The number of rotatable bonds is 5. The minimum atomic E-state index is -0.466. The van der Waals surface area contributed by atoms with E-state index in [1.54, 1.807) is 12.1 Å². The first-order chi connectivity index (χ1) is 14.8. The topological polar surface area (TPSA) is 104 Å². The van der Waals surface area contributed by atoms with E-state index in [0.29, 0.717) is 33.0 Å². The third kappa shape index (κ3) is 8.06. The van der Waals surface area contributed by atoms with Crippen LogP contribution in [0, 0.1) is 13.8 Å². The van der Waals surface area contributed by atoms with E-state index in [1.807, 2.05) is 27.7 Å². The molecule has 2 N–H and O–H groups in total. The van der Waals surface area contributed by atoms with Gasteiger partial charge in [0.2, 0.25) is 11.7 Å². The molecule has 2 aromatic rings. The number of carbonyl (C=O) groups is 3. The van der Waals surface area contributed by atoms with E-state index in [1.165, 1.54) is 24.3 Å². The summed E-state index contributed by atoms with van der Waals surface area (Å²) in [5, 5.41) is 2.65. The molecule has 1 aliphatic heterocycles. The summed E-state index contributed by atoms with van der Waals surface area (Å²) in [4.78, 5) is 44.0. The number of ether oxygens (including phenoxy) is 1. The molecule has 31 heavy (non-hydrogen) atoms. The molecular formula is C20H26I2N4O4V. The molecule has 0 radical (unpaired) electrons. The molecular weight excluding hydrogens is 665 g/mol. The number of cyclic esters (lactones) is 1. The van der Waals surface area contributed by atoms with Crippen LogP contribution in [0.4, 0.5) is 10.5 Å². The van der Waals surface area contributed by atoms with Crippen molar-refractivity contribution in [2.45, 2.75) is 40.7 Å². The van der Waals surface area contributed by atoms with Gasteiger partial charge in [-0.2, -0.15) is 0 Å². The van der Waals surface area contributed by atoms with Gasteiger partial charge in [0.25, 0.3) is 0 Å². The van der Waals surface area contributed by atoms with Gasteiger partial charge >= 0.3 is 55.5 Å². The number of aryl methyl sites for hydroxylation is 2. The van der Waals surface area contributed by atoms with Crippen LogP contribution in [0.5, 0.6) is 0 Å². The van der Waals surface area contributed by atoms with Crippen LogP contribution in [-0.4, -0.2) is 46.9 Å². The average molecular weight is 691 g/mol. The van der Waals surface area contributed by atoms with Gasteiger partial charge in [-0.05, 0) is 37.1 Å². The molecule has 0 saturated carbocycles. The number of hydrogen-bond acceptors (Lipinski definition) is 5. The molecule has 1 atom stereocenters. The van der Waals surface area contributed by atoms with E-state index in [9.17, 15) is 14.4 Å². The van der Waals surface area contributed by atoms with Gasteiger partial charge in [0.15, 0.2) is 0 Å². The third-order valence-electron chi connectivity index (χ3n) is 4.25. The van der Waals surface area contributed by atoms with E-state index >= 15 is 0 Å². The van der Waals surface area contributed by atoms with Crippen molar-refractivity contribution in [2.24, 2.45) is 0 Å². The van der Waals surface area contributed by atoms with Crippen molar-refractivity contribution in [1.29, 1.82) is 0 Å². The Morgan fingerprint density at radius 2 is 1.87 bits per heavy atom. The zero-order valence-electron chi connectivity index (χ0n) is 18.0. The summed E-state index contributed by atoms with van der Waals surface area (Å²) in [7, 11) is 0.628. The first-order valence-corrected chi connectivity index (χ1v) is 18.6. The molecule has 1 aromatic carbocycles. The number of imidazole rings is 1. The second-order valence-electron chi connectivity index (χ2n) is 6.37. The van der Waals surface area contributed by atoms with Gasteiger partial charge in [-0.15, -0.1) is 0 Å². The van der Waals surface area contributed by atoms with E-state index in [-0.39, 0.29) is 18.2 Å². The number of anilines is 1. The van der Waals surface area contributed by atoms with Gasteiger partial charge in [0.05, 0.1) is 25.6 Å². The number of hydrogen-bond donors (Lipinski definition) is 2. The first-order valence-electron chi connectivity index (χ1n) is 9.57. The van der Waals surface area contributed by atoms with Crippen LogP contribution < -0.4 is 10.2 Å². The number of nitrogens with one attached hydrogen (secondary N) is 2. The molecule has 169 valence electrons. The molecule has 2 heterocycles. The number of aromatic nitrogens is 2. The number of H-pyrrole nitrogens is 1. The Morgan fingerprint density at radius 1 is 1.29 bits per heavy atom. The second kappa shape index (κ2) is 14.1. The van der Waals surface area contributed by atoms with Crippen LogP contribution in [0.1, 0.15) is 48.0 Å². The fourth-order valence-corrected chi connectivity index (χ4v) is 3.07. The Balaban J connectivity index is 0.000000884. The van der Waals surface area contributed by atoms with Crippen molar-refractivity contribution in [3.05, 3.63) is 47.0 Å². The first kappa shape index (κ1) is 27.9. The fourth-order valence-electron chi connectivity index (χ4n) is 3.07. The Labute approximate surface area is 211 Å². The Morgan fingerprint density at radius 3 is 2.35 bits per heavy atom. The molecule has 1 fully saturated rings. The zero-order chi connectivity index (χ0) is 23.6. The standard InChI is InChI=1S/C18H20N4O4.C2H6.2HI.V/c1-10-4-13(22-8-14(26-18(22)25)6-20-12(3)23)5-11(2)16(10)17(24)15-7-19-9-21-15;1-2;;;/h4-5,7,9,14H,6,8H2,1-3H3,(H,19,21)(H,20,23);1-2H3;2*1H;/q;;;;+2/p-2. The maximum atomic E-state index is 12.6. The monoisotopic (exact) mass is 691 g/mol. The molecule has 0 aliphatic carbocycles. The molecule has 1 saturated heterocycles. The fraction of sp³-hybridized carbons (Fsp3) is 0.400. The van der Waals surface area contributed by atoms with Gasteiger partial charge in [-0.25, -0.2) is 9.78 Å². The number of benzene rings is 1. The third-order valence-corrected chi connectivity index (χ3v) is 4.25. The van der Waals surface area contributed by atoms with Gasteiger partial charge in [0, 0.05) is 18.2 Å². The Kier molecular flexibility index (Phi) is 12.7. The molecule has 8 nitrogen and oxygen atoms in total. The van der Waals surface area contributed by atoms with Crippen LogP contribution in [0.3, 0.4) is 0 Å². The molecule has 0 bridgehead atoms. The molecule has 1 aliphatic rings. The molecule has 1 unspecified atom stereocenters. The number of halogens is 2. The second-order valence-corrected chi connectivity index (χ2v) is 18.2. The van der Waals surface area contributed by atoms with Gasteiger partial charge in [-0.3, -0.25) is 14.5 Å². The van der Waals surface area contributed by atoms with Crippen LogP contribution in [0.2, 0.25) is 0 Å². The van der Waals surface area contributed by atoms with E-state index in [0.717, 1.165) is 11.1 Å². The van der Waals surface area contributed by atoms with E-state index < -0.39 is 12.2 Å². The number of aromatic amines is 1. The summed E-state index contributed by atoms with van der Waals surface area (Å²) in [5.74, 6) is -0.315. The van der Waals surface area contributed by atoms with Crippen molar-refractivity contribution in [2.75, 3.05) is 18.0 Å². The number of carbonyl (C=O) groups excluding carboxylic acids is 3. The summed E-state index contributed by atoms with van der Waals surface area (Å²) < 4.78 is 5.29. The average Bonchev–Trinajstić information content (AvgIpc) is 3.38. The quantitative estimate of drug-likeness (QED) is 0.355. The summed E-state index contributed by atoms with van der Waals surface area (Å²) in [6.07, 6.45) is 2.08. The molecule has 2 amide bonds. The van der Waals surface area contributed by atoms with Gasteiger partial charge in [-0.1, -0.05) is 13.8 Å². The summed E-state index contributed by atoms with van der Waals surface area (Å²) in [6.45, 7) is 9.68. The van der Waals surface area contributed by atoms with Crippen molar-refractivity contribution < 1.29 is 28.6 Å². The van der Waals surface area contributed by atoms with Crippen molar-refractivity contribution in [3.63, 3.8) is 0 Å². The Bertz CT molecular complexity index is 870. The van der Waals surface area contributed by atoms with Crippen LogP contribution in [0.15, 0.2) is 24.7 Å². The number of amides is 2. The summed E-state index contributed by atoms with van der Waals surface area (Å²) in [5.41, 5.74) is 3.19. The molecule has 0 spiro atoms.